The first-order chi connectivity index (χ1) is 16.2. The van der Waals surface area contributed by atoms with E-state index in [1.54, 1.807) is 0 Å². The molecule has 1 aromatic heterocycles. The molecule has 35 heavy (non-hydrogen) atoms. The lowest BCUT2D eigenvalue weighted by Gasteiger charge is -2.32. The second kappa shape index (κ2) is 9.67. The summed E-state index contributed by atoms with van der Waals surface area (Å²) in [6, 6.07) is 4.37. The van der Waals surface area contributed by atoms with Crippen molar-refractivity contribution in [1.29, 1.82) is 0 Å². The van der Waals surface area contributed by atoms with Crippen LogP contribution in [0.1, 0.15) is 44.1 Å². The molecule has 6 atom stereocenters. The first-order valence-electron chi connectivity index (χ1n) is 10.6. The number of pyridine rings is 1. The van der Waals surface area contributed by atoms with E-state index in [0.717, 1.165) is 26.2 Å². The van der Waals surface area contributed by atoms with E-state index in [9.17, 15) is 37.0 Å². The Morgan fingerprint density at radius 3 is 2.49 bits per heavy atom. The van der Waals surface area contributed by atoms with Crippen molar-refractivity contribution in [2.24, 2.45) is 5.92 Å². The van der Waals surface area contributed by atoms with Crippen LogP contribution in [0.2, 0.25) is 0 Å². The van der Waals surface area contributed by atoms with Crippen molar-refractivity contribution in [3.63, 3.8) is 0 Å². The molecule has 0 unspecified atom stereocenters. The Labute approximate surface area is 197 Å². The summed E-state index contributed by atoms with van der Waals surface area (Å²) < 4.78 is 80.5. The summed E-state index contributed by atoms with van der Waals surface area (Å²) in [5.41, 5.74) is -2.88. The third-order valence-electron chi connectivity index (χ3n) is 6.38. The maximum absolute atomic E-state index is 14.4. The topological polar surface area (TPSA) is 101 Å². The molecular weight excluding hydrogens is 479 g/mol. The van der Waals surface area contributed by atoms with Crippen LogP contribution in [-0.2, 0) is 9.53 Å². The monoisotopic (exact) mass is 504 g/mol. The molecule has 0 aliphatic carbocycles. The molecule has 0 saturated carbocycles. The number of nitrogens with one attached hydrogen (secondary N) is 1. The van der Waals surface area contributed by atoms with Gasteiger partial charge in [0, 0.05) is 29.3 Å². The summed E-state index contributed by atoms with van der Waals surface area (Å²) in [7, 11) is 1.03. The van der Waals surface area contributed by atoms with Crippen molar-refractivity contribution >= 4 is 11.6 Å². The van der Waals surface area contributed by atoms with E-state index in [-0.39, 0.29) is 16.9 Å². The number of methoxy groups -OCH3 is 1. The number of benzene rings is 1. The first kappa shape index (κ1) is 26.8. The fourth-order valence-electron chi connectivity index (χ4n) is 4.19. The molecule has 12 heteroatoms. The quantitative estimate of drug-likeness (QED) is 0.517. The Bertz CT molecular complexity index is 1100. The lowest BCUT2D eigenvalue weighted by Crippen LogP contribution is -2.47. The van der Waals surface area contributed by atoms with Gasteiger partial charge in [-0.25, -0.2) is 4.39 Å². The van der Waals surface area contributed by atoms with Gasteiger partial charge in [-0.2, -0.15) is 17.6 Å². The van der Waals surface area contributed by atoms with Crippen LogP contribution in [0.5, 0.6) is 5.75 Å². The van der Waals surface area contributed by atoms with Crippen molar-refractivity contribution < 1.29 is 46.4 Å². The van der Waals surface area contributed by atoms with Crippen LogP contribution < -0.4 is 10.1 Å². The largest absolute Gasteiger partial charge is 0.493 e. The Balaban J connectivity index is 2.04. The molecule has 1 aliphatic heterocycles. The zero-order valence-corrected chi connectivity index (χ0v) is 19.2. The number of hydrogen-bond donors (Lipinski definition) is 3. The highest BCUT2D eigenvalue weighted by molar-refractivity contribution is 5.95. The minimum atomic E-state index is -4.89. The van der Waals surface area contributed by atoms with E-state index in [4.69, 9.17) is 9.47 Å². The molecule has 7 nitrogen and oxygen atoms in total. The molecule has 2 aromatic rings. The molecule has 192 valence electrons. The fourth-order valence-corrected chi connectivity index (χ4v) is 4.19. The molecule has 1 fully saturated rings. The third-order valence-corrected chi connectivity index (χ3v) is 6.38. The van der Waals surface area contributed by atoms with E-state index in [1.807, 2.05) is 0 Å². The van der Waals surface area contributed by atoms with Crippen molar-refractivity contribution in [3.8, 4) is 5.75 Å². The van der Waals surface area contributed by atoms with E-state index in [1.165, 1.54) is 32.2 Å². The van der Waals surface area contributed by atoms with Crippen LogP contribution in [0.3, 0.4) is 0 Å². The van der Waals surface area contributed by atoms with Gasteiger partial charge >= 0.3 is 6.18 Å². The molecule has 3 N–H and O–H groups in total. The van der Waals surface area contributed by atoms with Crippen LogP contribution in [0.15, 0.2) is 30.5 Å². The SMILES string of the molecule is COc1c([C@H]2[C@H](C(=O)Nc3ccnc([C@H](O)[C@H](C)O)c3)O[C@@](C)(C(F)(F)F)[C@H]2C)ccc(F)c1F. The predicted octanol–water partition coefficient (Wildman–Crippen LogP) is 3.86. The minimum Gasteiger partial charge on any atom is -0.493 e. The van der Waals surface area contributed by atoms with Gasteiger partial charge in [0.1, 0.15) is 12.2 Å². The average molecular weight is 504 g/mol. The zero-order valence-electron chi connectivity index (χ0n) is 19.2. The number of rotatable bonds is 6. The van der Waals surface area contributed by atoms with E-state index < -0.39 is 65.2 Å². The second-order valence-corrected chi connectivity index (χ2v) is 8.59. The maximum Gasteiger partial charge on any atom is 0.417 e. The Morgan fingerprint density at radius 1 is 1.26 bits per heavy atom. The molecule has 0 spiro atoms. The van der Waals surface area contributed by atoms with Crippen molar-refractivity contribution in [2.75, 3.05) is 12.4 Å². The lowest BCUT2D eigenvalue weighted by molar-refractivity contribution is -0.272. The Kier molecular flexibility index (Phi) is 7.39. The van der Waals surface area contributed by atoms with Crippen molar-refractivity contribution in [2.45, 2.75) is 56.8 Å². The van der Waals surface area contributed by atoms with E-state index in [2.05, 4.69) is 10.3 Å². The highest BCUT2D eigenvalue weighted by Gasteiger charge is 2.65. The van der Waals surface area contributed by atoms with Crippen molar-refractivity contribution in [3.05, 3.63) is 53.4 Å². The number of hydrogen-bond acceptors (Lipinski definition) is 6. The number of carbonyl (C=O) groups excluding carboxylic acids is 1. The number of halogens is 5. The number of nitrogens with zero attached hydrogens (tertiary/aromatic N) is 1. The van der Waals surface area contributed by atoms with Crippen molar-refractivity contribution in [1.82, 2.24) is 4.98 Å². The molecule has 0 radical (unpaired) electrons. The summed E-state index contributed by atoms with van der Waals surface area (Å²) in [5.74, 6) is -7.05. The smallest absolute Gasteiger partial charge is 0.417 e. The van der Waals surface area contributed by atoms with Crippen LogP contribution in [0, 0.1) is 17.6 Å². The average Bonchev–Trinajstić information content (AvgIpc) is 3.07. The molecule has 1 aliphatic rings. The van der Waals surface area contributed by atoms with E-state index >= 15 is 0 Å². The minimum absolute atomic E-state index is 0.0115. The van der Waals surface area contributed by atoms with Crippen LogP contribution in [-0.4, -0.2) is 52.2 Å². The van der Waals surface area contributed by atoms with Gasteiger partial charge in [-0.1, -0.05) is 13.0 Å². The van der Waals surface area contributed by atoms with Gasteiger partial charge in [0.05, 0.1) is 18.9 Å². The van der Waals surface area contributed by atoms with Gasteiger partial charge in [0.2, 0.25) is 5.82 Å². The summed E-state index contributed by atoms with van der Waals surface area (Å²) >= 11 is 0. The lowest BCUT2D eigenvalue weighted by atomic mass is 9.77. The van der Waals surface area contributed by atoms with E-state index in [0.29, 0.717) is 0 Å². The van der Waals surface area contributed by atoms with Gasteiger partial charge in [0.15, 0.2) is 17.2 Å². The van der Waals surface area contributed by atoms with Gasteiger partial charge < -0.3 is 25.0 Å². The summed E-state index contributed by atoms with van der Waals surface area (Å²) in [6.07, 6.45) is -7.98. The number of anilines is 1. The molecule has 1 saturated heterocycles. The number of aromatic nitrogens is 1. The zero-order chi connectivity index (χ0) is 26.3. The Hall–Kier alpha value is -2.83. The number of aliphatic hydroxyl groups excluding tert-OH is 2. The van der Waals surface area contributed by atoms with Gasteiger partial charge in [0.25, 0.3) is 5.91 Å². The summed E-state index contributed by atoms with van der Waals surface area (Å²) in [4.78, 5) is 17.1. The maximum atomic E-state index is 14.4. The highest BCUT2D eigenvalue weighted by Crippen LogP contribution is 2.55. The molecule has 0 bridgehead atoms. The number of alkyl halides is 3. The molecule has 1 amide bonds. The van der Waals surface area contributed by atoms with Gasteiger partial charge in [-0.05, 0) is 32.0 Å². The molecule has 2 heterocycles. The number of carbonyl (C=O) groups is 1. The first-order valence-corrected chi connectivity index (χ1v) is 10.6. The predicted molar refractivity (Wildman–Crippen MR) is 114 cm³/mol. The molecule has 1 aromatic carbocycles. The normalized spacial score (nSPS) is 26.3. The fraction of sp³-hybridized carbons (Fsp3) is 0.478. The Morgan fingerprint density at radius 2 is 1.91 bits per heavy atom. The number of ether oxygens (including phenoxy) is 2. The molecular formula is C23H25F5N2O5. The van der Waals surface area contributed by atoms with Crippen LogP contribution in [0.4, 0.5) is 27.6 Å². The van der Waals surface area contributed by atoms with Crippen LogP contribution >= 0.6 is 0 Å². The van der Waals surface area contributed by atoms with Gasteiger partial charge in [-0.15, -0.1) is 0 Å². The van der Waals surface area contributed by atoms with Gasteiger partial charge in [-0.3, -0.25) is 9.78 Å². The number of amides is 1. The standard InChI is InChI=1S/C23H25F5N2O5/c1-10-16(13-5-6-14(24)17(25)19(13)34-4)20(35-22(10,3)23(26,27)28)21(33)30-12-7-8-29-15(9-12)18(32)11(2)31/h5-11,16,18,20,31-32H,1-4H3,(H,29,30,33)/t10-,11-,16-,18+,20+,22+/m0/s1. The van der Waals surface area contributed by atoms with Crippen LogP contribution in [0.25, 0.3) is 0 Å². The third kappa shape index (κ3) is 4.82. The summed E-state index contributed by atoms with van der Waals surface area (Å²) in [6.45, 7) is 3.31. The summed E-state index contributed by atoms with van der Waals surface area (Å²) in [5, 5.41) is 22.0. The molecule has 3 rings (SSSR count). The highest BCUT2D eigenvalue weighted by atomic mass is 19.4. The number of aliphatic hydroxyl groups is 2. The second-order valence-electron chi connectivity index (χ2n) is 8.59.